The van der Waals surface area contributed by atoms with Crippen molar-refractivity contribution in [2.75, 3.05) is 19.6 Å². The van der Waals surface area contributed by atoms with E-state index in [1.54, 1.807) is 0 Å². The molecule has 0 aromatic rings. The van der Waals surface area contributed by atoms with E-state index in [4.69, 9.17) is 5.73 Å². The van der Waals surface area contributed by atoms with Crippen molar-refractivity contribution in [1.82, 2.24) is 4.90 Å². The highest BCUT2D eigenvalue weighted by atomic mass is 16.3. The van der Waals surface area contributed by atoms with Crippen LogP contribution in [0.2, 0.25) is 0 Å². The van der Waals surface area contributed by atoms with Gasteiger partial charge in [0.2, 0.25) is 0 Å². The molecule has 3 nitrogen and oxygen atoms in total. The molecule has 1 aliphatic heterocycles. The van der Waals surface area contributed by atoms with Gasteiger partial charge in [-0.15, -0.1) is 0 Å². The third-order valence-electron chi connectivity index (χ3n) is 3.82. The third-order valence-corrected chi connectivity index (χ3v) is 3.82. The van der Waals surface area contributed by atoms with Gasteiger partial charge in [-0.2, -0.15) is 0 Å². The van der Waals surface area contributed by atoms with E-state index in [0.29, 0.717) is 6.54 Å². The molecule has 0 radical (unpaired) electrons. The van der Waals surface area contributed by atoms with Gasteiger partial charge in [-0.05, 0) is 58.5 Å². The van der Waals surface area contributed by atoms with Crippen molar-refractivity contribution in [3.05, 3.63) is 0 Å². The van der Waals surface area contributed by atoms with Crippen molar-refractivity contribution in [2.24, 2.45) is 5.73 Å². The molecule has 0 bridgehead atoms. The van der Waals surface area contributed by atoms with Crippen LogP contribution in [-0.4, -0.2) is 41.3 Å². The van der Waals surface area contributed by atoms with Crippen LogP contribution in [0.25, 0.3) is 0 Å². The fraction of sp³-hybridized carbons (Fsp3) is 1.00. The SMILES string of the molecule is CCC1CCCN1CCCCC(C)(O)CN. The number of likely N-dealkylation sites (tertiary alicyclic amines) is 1. The highest BCUT2D eigenvalue weighted by Gasteiger charge is 2.22. The van der Waals surface area contributed by atoms with Gasteiger partial charge < -0.3 is 15.7 Å². The van der Waals surface area contributed by atoms with E-state index in [1.165, 1.54) is 38.8 Å². The molecule has 0 aromatic carbocycles. The van der Waals surface area contributed by atoms with Gasteiger partial charge in [0, 0.05) is 12.6 Å². The fourth-order valence-electron chi connectivity index (χ4n) is 2.57. The van der Waals surface area contributed by atoms with E-state index in [0.717, 1.165) is 18.9 Å². The summed E-state index contributed by atoms with van der Waals surface area (Å²) in [4.78, 5) is 2.61. The standard InChI is InChI=1S/C13H28N2O/c1-3-12-7-6-10-15(12)9-5-4-8-13(2,16)11-14/h12,16H,3-11,14H2,1-2H3. The Morgan fingerprint density at radius 2 is 2.19 bits per heavy atom. The van der Waals surface area contributed by atoms with Crippen LogP contribution in [0.3, 0.4) is 0 Å². The Morgan fingerprint density at radius 1 is 1.44 bits per heavy atom. The highest BCUT2D eigenvalue weighted by molar-refractivity contribution is 4.78. The Labute approximate surface area is 100 Å². The number of hydrogen-bond acceptors (Lipinski definition) is 3. The molecule has 1 rings (SSSR count). The van der Waals surface area contributed by atoms with Crippen molar-refractivity contribution >= 4 is 0 Å². The second-order valence-corrected chi connectivity index (χ2v) is 5.40. The molecule has 2 atom stereocenters. The van der Waals surface area contributed by atoms with Crippen LogP contribution in [0.5, 0.6) is 0 Å². The van der Waals surface area contributed by atoms with E-state index in [1.807, 2.05) is 6.92 Å². The Kier molecular flexibility index (Phi) is 5.73. The quantitative estimate of drug-likeness (QED) is 0.653. The van der Waals surface area contributed by atoms with E-state index in [9.17, 15) is 5.11 Å². The molecule has 0 amide bonds. The number of hydrogen-bond donors (Lipinski definition) is 2. The van der Waals surface area contributed by atoms with E-state index in [-0.39, 0.29) is 0 Å². The summed E-state index contributed by atoms with van der Waals surface area (Å²) in [6, 6.07) is 0.815. The van der Waals surface area contributed by atoms with Crippen LogP contribution in [0.1, 0.15) is 52.4 Å². The molecule has 0 saturated carbocycles. The fourth-order valence-corrected chi connectivity index (χ4v) is 2.57. The maximum absolute atomic E-state index is 9.77. The summed E-state index contributed by atoms with van der Waals surface area (Å²) in [6.45, 7) is 6.94. The van der Waals surface area contributed by atoms with Gasteiger partial charge in [0.25, 0.3) is 0 Å². The molecule has 0 spiro atoms. The molecule has 16 heavy (non-hydrogen) atoms. The molecule has 0 aromatic heterocycles. The lowest BCUT2D eigenvalue weighted by Gasteiger charge is -2.24. The molecule has 3 N–H and O–H groups in total. The molecule has 1 aliphatic rings. The largest absolute Gasteiger partial charge is 0.389 e. The normalized spacial score (nSPS) is 25.9. The molecule has 2 unspecified atom stereocenters. The molecule has 0 aliphatic carbocycles. The van der Waals surface area contributed by atoms with Crippen LogP contribution in [0.4, 0.5) is 0 Å². The number of rotatable bonds is 7. The Balaban J connectivity index is 2.11. The highest BCUT2D eigenvalue weighted by Crippen LogP contribution is 2.21. The summed E-state index contributed by atoms with van der Waals surface area (Å²) in [5, 5.41) is 9.77. The molecule has 1 saturated heterocycles. The zero-order valence-electron chi connectivity index (χ0n) is 10.9. The summed E-state index contributed by atoms with van der Waals surface area (Å²) in [7, 11) is 0. The van der Waals surface area contributed by atoms with Gasteiger partial charge in [0.15, 0.2) is 0 Å². The summed E-state index contributed by atoms with van der Waals surface area (Å²) < 4.78 is 0. The summed E-state index contributed by atoms with van der Waals surface area (Å²) >= 11 is 0. The molecule has 3 heteroatoms. The van der Waals surface area contributed by atoms with E-state index in [2.05, 4.69) is 11.8 Å². The summed E-state index contributed by atoms with van der Waals surface area (Å²) in [5.41, 5.74) is 4.84. The van der Waals surface area contributed by atoms with Gasteiger partial charge in [0.1, 0.15) is 0 Å². The van der Waals surface area contributed by atoms with Gasteiger partial charge in [-0.25, -0.2) is 0 Å². The second kappa shape index (κ2) is 6.58. The van der Waals surface area contributed by atoms with Crippen LogP contribution in [-0.2, 0) is 0 Å². The van der Waals surface area contributed by atoms with Gasteiger partial charge in [-0.3, -0.25) is 0 Å². The summed E-state index contributed by atoms with van der Waals surface area (Å²) in [5.74, 6) is 0. The lowest BCUT2D eigenvalue weighted by atomic mass is 9.99. The first-order valence-electron chi connectivity index (χ1n) is 6.75. The first-order chi connectivity index (χ1) is 7.59. The summed E-state index contributed by atoms with van der Waals surface area (Å²) in [6.07, 6.45) is 7.11. The van der Waals surface area contributed by atoms with Crippen LogP contribution in [0.15, 0.2) is 0 Å². The number of unbranched alkanes of at least 4 members (excludes halogenated alkanes) is 1. The first-order valence-corrected chi connectivity index (χ1v) is 6.75. The Bertz CT molecular complexity index is 194. The first kappa shape index (κ1) is 13.9. The third kappa shape index (κ3) is 4.40. The van der Waals surface area contributed by atoms with Crippen molar-refractivity contribution in [3.63, 3.8) is 0 Å². The second-order valence-electron chi connectivity index (χ2n) is 5.40. The monoisotopic (exact) mass is 228 g/mol. The smallest absolute Gasteiger partial charge is 0.0741 e. The molecular weight excluding hydrogens is 200 g/mol. The molecule has 96 valence electrons. The van der Waals surface area contributed by atoms with Crippen LogP contribution < -0.4 is 5.73 Å². The van der Waals surface area contributed by atoms with Gasteiger partial charge in [0.05, 0.1) is 5.60 Å². The molecule has 1 heterocycles. The van der Waals surface area contributed by atoms with Crippen molar-refractivity contribution < 1.29 is 5.11 Å². The van der Waals surface area contributed by atoms with Crippen molar-refractivity contribution in [3.8, 4) is 0 Å². The zero-order chi connectivity index (χ0) is 12.0. The van der Waals surface area contributed by atoms with Crippen molar-refractivity contribution in [2.45, 2.75) is 64.0 Å². The minimum atomic E-state index is -0.658. The molecule has 1 fully saturated rings. The lowest BCUT2D eigenvalue weighted by molar-refractivity contribution is 0.0562. The maximum atomic E-state index is 9.77. The zero-order valence-corrected chi connectivity index (χ0v) is 10.9. The number of nitrogens with zero attached hydrogens (tertiary/aromatic N) is 1. The number of nitrogens with two attached hydrogens (primary N) is 1. The van der Waals surface area contributed by atoms with E-state index < -0.39 is 5.60 Å². The van der Waals surface area contributed by atoms with Gasteiger partial charge in [-0.1, -0.05) is 6.92 Å². The van der Waals surface area contributed by atoms with Crippen molar-refractivity contribution in [1.29, 1.82) is 0 Å². The predicted octanol–water partition coefficient (Wildman–Crippen LogP) is 1.74. The average molecular weight is 228 g/mol. The van der Waals surface area contributed by atoms with E-state index >= 15 is 0 Å². The maximum Gasteiger partial charge on any atom is 0.0741 e. The van der Waals surface area contributed by atoms with Crippen LogP contribution >= 0.6 is 0 Å². The van der Waals surface area contributed by atoms with Gasteiger partial charge >= 0.3 is 0 Å². The Morgan fingerprint density at radius 3 is 2.81 bits per heavy atom. The lowest BCUT2D eigenvalue weighted by Crippen LogP contribution is -2.34. The average Bonchev–Trinajstić information content (AvgIpc) is 2.72. The minimum Gasteiger partial charge on any atom is -0.389 e. The predicted molar refractivity (Wildman–Crippen MR) is 68.4 cm³/mol. The molecular formula is C13H28N2O. The number of aliphatic hydroxyl groups is 1. The minimum absolute atomic E-state index is 0.369. The Hall–Kier alpha value is -0.120. The van der Waals surface area contributed by atoms with Crippen LogP contribution in [0, 0.1) is 0 Å². The topological polar surface area (TPSA) is 49.5 Å².